The Balaban J connectivity index is 1.40. The predicted molar refractivity (Wildman–Crippen MR) is 118 cm³/mol. The highest BCUT2D eigenvalue weighted by molar-refractivity contribution is 7.89. The van der Waals surface area contributed by atoms with Crippen LogP contribution >= 0.6 is 0 Å². The number of unbranched alkanes of at least 4 members (excludes halogenated alkanes) is 1. The van der Waals surface area contributed by atoms with E-state index in [0.29, 0.717) is 12.8 Å². The maximum absolute atomic E-state index is 12.9. The number of hydrogen-bond acceptors (Lipinski definition) is 4. The zero-order valence-electron chi connectivity index (χ0n) is 18.6. The Morgan fingerprint density at radius 2 is 1.75 bits per heavy atom. The topological polar surface area (TPSA) is 49.9 Å². The Bertz CT molecular complexity index is 848. The van der Waals surface area contributed by atoms with Crippen LogP contribution < -0.4 is 0 Å². The van der Waals surface area contributed by atoms with E-state index in [2.05, 4.69) is 17.1 Å². The third kappa shape index (κ3) is 6.79. The summed E-state index contributed by atoms with van der Waals surface area (Å²) in [6.45, 7) is 3.98. The van der Waals surface area contributed by atoms with Gasteiger partial charge in [-0.25, -0.2) is 8.42 Å². The molecular formula is C23H33F3N2O3S. The van der Waals surface area contributed by atoms with E-state index in [0.717, 1.165) is 82.6 Å². The number of alkyl halides is 3. The third-order valence-corrected chi connectivity index (χ3v) is 8.31. The molecule has 1 aliphatic carbocycles. The Morgan fingerprint density at radius 3 is 2.34 bits per heavy atom. The molecule has 0 N–H and O–H groups in total. The lowest BCUT2D eigenvalue weighted by atomic mass is 9.93. The second-order valence-electron chi connectivity index (χ2n) is 8.61. The second kappa shape index (κ2) is 11.1. The first kappa shape index (κ1) is 25.2. The Kier molecular flexibility index (Phi) is 8.77. The Hall–Kier alpha value is -1.42. The smallest absolute Gasteiger partial charge is 0.378 e. The van der Waals surface area contributed by atoms with Crippen LogP contribution in [0.3, 0.4) is 0 Å². The summed E-state index contributed by atoms with van der Waals surface area (Å²) in [6.07, 6.45) is 6.28. The van der Waals surface area contributed by atoms with Gasteiger partial charge in [0.1, 0.15) is 0 Å². The van der Waals surface area contributed by atoms with Crippen molar-refractivity contribution >= 4 is 10.0 Å². The quantitative estimate of drug-likeness (QED) is 0.385. The molecule has 3 rings (SSSR count). The van der Waals surface area contributed by atoms with Crippen molar-refractivity contribution in [3.63, 3.8) is 0 Å². The largest absolute Gasteiger partial charge is 0.416 e. The Labute approximate surface area is 189 Å². The SMILES string of the molecule is CN(C1CCC(OCCCCN2CC=CCC2)CC1)S(=O)(=O)c1ccc(C(F)(F)F)cc1. The van der Waals surface area contributed by atoms with Gasteiger partial charge in [0, 0.05) is 32.8 Å². The monoisotopic (exact) mass is 474 g/mol. The van der Waals surface area contributed by atoms with Crippen LogP contribution in [-0.4, -0.2) is 63.1 Å². The van der Waals surface area contributed by atoms with Gasteiger partial charge in [0.05, 0.1) is 16.6 Å². The van der Waals surface area contributed by atoms with Gasteiger partial charge in [-0.15, -0.1) is 0 Å². The molecule has 0 aromatic heterocycles. The molecule has 0 unspecified atom stereocenters. The van der Waals surface area contributed by atoms with Crippen LogP contribution in [0, 0.1) is 0 Å². The first-order chi connectivity index (χ1) is 15.2. The Morgan fingerprint density at radius 1 is 1.06 bits per heavy atom. The highest BCUT2D eigenvalue weighted by Crippen LogP contribution is 2.32. The predicted octanol–water partition coefficient (Wildman–Crippen LogP) is 4.70. The summed E-state index contributed by atoms with van der Waals surface area (Å²) in [5, 5.41) is 0. The molecule has 180 valence electrons. The molecule has 2 aliphatic rings. The summed E-state index contributed by atoms with van der Waals surface area (Å²) >= 11 is 0. The molecule has 9 heteroatoms. The molecule has 0 amide bonds. The summed E-state index contributed by atoms with van der Waals surface area (Å²) in [5.74, 6) is 0. The maximum Gasteiger partial charge on any atom is 0.416 e. The number of ether oxygens (including phenoxy) is 1. The molecule has 0 bridgehead atoms. The average Bonchev–Trinajstić information content (AvgIpc) is 2.79. The van der Waals surface area contributed by atoms with E-state index in [1.165, 1.54) is 11.4 Å². The highest BCUT2D eigenvalue weighted by Gasteiger charge is 2.34. The van der Waals surface area contributed by atoms with Crippen LogP contribution in [0.5, 0.6) is 0 Å². The molecule has 0 radical (unpaired) electrons. The molecular weight excluding hydrogens is 441 g/mol. The van der Waals surface area contributed by atoms with Crippen molar-refractivity contribution < 1.29 is 26.3 Å². The molecule has 32 heavy (non-hydrogen) atoms. The van der Waals surface area contributed by atoms with Crippen LogP contribution in [-0.2, 0) is 20.9 Å². The van der Waals surface area contributed by atoms with Gasteiger partial charge in [0.25, 0.3) is 0 Å². The van der Waals surface area contributed by atoms with Crippen molar-refractivity contribution in [2.24, 2.45) is 0 Å². The van der Waals surface area contributed by atoms with Crippen molar-refractivity contribution in [2.45, 2.75) is 68.2 Å². The molecule has 5 nitrogen and oxygen atoms in total. The second-order valence-corrected chi connectivity index (χ2v) is 10.6. The van der Waals surface area contributed by atoms with Crippen molar-refractivity contribution in [3.05, 3.63) is 42.0 Å². The van der Waals surface area contributed by atoms with E-state index in [1.807, 2.05) is 0 Å². The fourth-order valence-electron chi connectivity index (χ4n) is 4.33. The minimum Gasteiger partial charge on any atom is -0.378 e. The molecule has 1 saturated carbocycles. The first-order valence-corrected chi connectivity index (χ1v) is 12.8. The molecule has 1 aliphatic heterocycles. The van der Waals surface area contributed by atoms with Crippen LogP contribution in [0.15, 0.2) is 41.3 Å². The third-order valence-electron chi connectivity index (χ3n) is 6.38. The fraction of sp³-hybridized carbons (Fsp3) is 0.652. The molecule has 1 aromatic rings. The molecule has 0 atom stereocenters. The standard InChI is InChI=1S/C23H33F3N2O3S/c1-27(32(29,30)22-13-7-19(8-14-22)23(24,25)26)20-9-11-21(12-10-20)31-18-6-5-17-28-15-3-2-4-16-28/h2-3,7-8,13-14,20-21H,4-6,9-12,15-18H2,1H3. The van der Waals surface area contributed by atoms with Crippen molar-refractivity contribution in [1.29, 1.82) is 0 Å². The van der Waals surface area contributed by atoms with Gasteiger partial charge in [-0.1, -0.05) is 12.2 Å². The summed E-state index contributed by atoms with van der Waals surface area (Å²) in [4.78, 5) is 2.33. The van der Waals surface area contributed by atoms with Crippen LogP contribution in [0.25, 0.3) is 0 Å². The lowest BCUT2D eigenvalue weighted by Gasteiger charge is -2.34. The van der Waals surface area contributed by atoms with Gasteiger partial charge >= 0.3 is 6.18 Å². The maximum atomic E-state index is 12.9. The summed E-state index contributed by atoms with van der Waals surface area (Å²) < 4.78 is 71.2. The fourth-order valence-corrected chi connectivity index (χ4v) is 5.75. The van der Waals surface area contributed by atoms with E-state index in [9.17, 15) is 21.6 Å². The molecule has 1 heterocycles. The molecule has 0 spiro atoms. The van der Waals surface area contributed by atoms with Crippen molar-refractivity contribution in [1.82, 2.24) is 9.21 Å². The lowest BCUT2D eigenvalue weighted by molar-refractivity contribution is -0.137. The van der Waals surface area contributed by atoms with Gasteiger partial charge in [0.15, 0.2) is 0 Å². The number of benzene rings is 1. The van der Waals surface area contributed by atoms with Crippen molar-refractivity contribution in [3.8, 4) is 0 Å². The summed E-state index contributed by atoms with van der Waals surface area (Å²) in [7, 11) is -2.33. The van der Waals surface area contributed by atoms with Gasteiger partial charge in [0.2, 0.25) is 10.0 Å². The van der Waals surface area contributed by atoms with Gasteiger partial charge in [-0.05, 0) is 75.8 Å². The first-order valence-electron chi connectivity index (χ1n) is 11.3. The van der Waals surface area contributed by atoms with Crippen LogP contribution in [0.2, 0.25) is 0 Å². The van der Waals surface area contributed by atoms with Gasteiger partial charge in [-0.2, -0.15) is 17.5 Å². The molecule has 0 saturated heterocycles. The van der Waals surface area contributed by atoms with E-state index in [1.54, 1.807) is 0 Å². The normalized spacial score (nSPS) is 23.0. The minimum atomic E-state index is -4.49. The number of hydrogen-bond donors (Lipinski definition) is 0. The number of nitrogens with zero attached hydrogens (tertiary/aromatic N) is 2. The average molecular weight is 475 g/mol. The lowest BCUT2D eigenvalue weighted by Crippen LogP contribution is -2.40. The van der Waals surface area contributed by atoms with E-state index < -0.39 is 21.8 Å². The minimum absolute atomic E-state index is 0.115. The number of halogens is 3. The van der Waals surface area contributed by atoms with E-state index in [-0.39, 0.29) is 17.0 Å². The molecule has 1 fully saturated rings. The number of sulfonamides is 1. The van der Waals surface area contributed by atoms with Gasteiger partial charge < -0.3 is 4.74 Å². The van der Waals surface area contributed by atoms with E-state index >= 15 is 0 Å². The zero-order valence-corrected chi connectivity index (χ0v) is 19.4. The highest BCUT2D eigenvalue weighted by atomic mass is 32.2. The van der Waals surface area contributed by atoms with Gasteiger partial charge in [-0.3, -0.25) is 4.90 Å². The van der Waals surface area contributed by atoms with E-state index in [4.69, 9.17) is 4.74 Å². The zero-order chi connectivity index (χ0) is 23.2. The molecule has 1 aromatic carbocycles. The summed E-state index contributed by atoms with van der Waals surface area (Å²) in [6, 6.07) is 3.52. The number of rotatable bonds is 9. The summed E-state index contributed by atoms with van der Waals surface area (Å²) in [5.41, 5.74) is -0.857. The van der Waals surface area contributed by atoms with Crippen molar-refractivity contribution in [2.75, 3.05) is 33.3 Å². The van der Waals surface area contributed by atoms with Crippen LogP contribution in [0.1, 0.15) is 50.5 Å². The van der Waals surface area contributed by atoms with Crippen LogP contribution in [0.4, 0.5) is 13.2 Å².